The topological polar surface area (TPSA) is 106 Å². The average Bonchev–Trinajstić information content (AvgIpc) is 2.33. The van der Waals surface area contributed by atoms with E-state index in [9.17, 15) is 16.8 Å². The zero-order valence-electron chi connectivity index (χ0n) is 11.6. The van der Waals surface area contributed by atoms with E-state index in [2.05, 4.69) is 4.72 Å². The van der Waals surface area contributed by atoms with Gasteiger partial charge in [-0.2, -0.15) is 0 Å². The fourth-order valence-corrected chi connectivity index (χ4v) is 3.72. The lowest BCUT2D eigenvalue weighted by Gasteiger charge is -2.10. The second kappa shape index (κ2) is 6.66. The van der Waals surface area contributed by atoms with Crippen molar-refractivity contribution in [3.8, 4) is 0 Å². The lowest BCUT2D eigenvalue weighted by molar-refractivity contribution is 0.576. The van der Waals surface area contributed by atoms with Crippen molar-refractivity contribution in [2.24, 2.45) is 5.73 Å². The molecular weight excluding hydrogens is 300 g/mol. The van der Waals surface area contributed by atoms with Crippen molar-refractivity contribution >= 4 is 19.9 Å². The molecule has 0 amide bonds. The minimum Gasteiger partial charge on any atom is -0.330 e. The Balaban J connectivity index is 3.05. The van der Waals surface area contributed by atoms with Gasteiger partial charge in [-0.15, -0.1) is 0 Å². The highest BCUT2D eigenvalue weighted by Gasteiger charge is 2.19. The molecule has 0 fully saturated rings. The van der Waals surface area contributed by atoms with E-state index in [0.29, 0.717) is 18.5 Å². The van der Waals surface area contributed by atoms with Crippen molar-refractivity contribution in [2.45, 2.75) is 29.6 Å². The van der Waals surface area contributed by atoms with Crippen LogP contribution in [0, 0.1) is 6.92 Å². The minimum atomic E-state index is -3.71. The lowest BCUT2D eigenvalue weighted by Crippen LogP contribution is -2.26. The Bertz CT molecular complexity index is 667. The van der Waals surface area contributed by atoms with Crippen LogP contribution in [0.5, 0.6) is 0 Å². The monoisotopic (exact) mass is 320 g/mol. The second-order valence-electron chi connectivity index (χ2n) is 4.59. The highest BCUT2D eigenvalue weighted by molar-refractivity contribution is 7.91. The summed E-state index contributed by atoms with van der Waals surface area (Å²) in [5, 5.41) is 0. The fraction of sp³-hybridized carbons (Fsp3) is 0.500. The number of hydrogen-bond acceptors (Lipinski definition) is 5. The maximum Gasteiger partial charge on any atom is 0.240 e. The van der Waals surface area contributed by atoms with Gasteiger partial charge in [0.25, 0.3) is 0 Å². The molecule has 0 saturated heterocycles. The fourth-order valence-electron chi connectivity index (χ4n) is 1.65. The number of nitrogens with two attached hydrogens (primary N) is 1. The van der Waals surface area contributed by atoms with E-state index >= 15 is 0 Å². The molecule has 0 atom stereocenters. The zero-order valence-corrected chi connectivity index (χ0v) is 13.2. The van der Waals surface area contributed by atoms with Crippen molar-refractivity contribution in [1.29, 1.82) is 0 Å². The second-order valence-corrected chi connectivity index (χ2v) is 8.34. The van der Waals surface area contributed by atoms with Crippen LogP contribution in [0.25, 0.3) is 0 Å². The highest BCUT2D eigenvalue weighted by atomic mass is 32.2. The van der Waals surface area contributed by atoms with Crippen LogP contribution in [0.2, 0.25) is 0 Å². The number of sulfonamides is 1. The van der Waals surface area contributed by atoms with Crippen LogP contribution < -0.4 is 10.5 Å². The largest absolute Gasteiger partial charge is 0.330 e. The molecule has 0 bridgehead atoms. The Hall–Kier alpha value is -0.960. The normalized spacial score (nSPS) is 12.6. The predicted octanol–water partition coefficient (Wildman–Crippen LogP) is 0.416. The van der Waals surface area contributed by atoms with Crippen LogP contribution in [0.15, 0.2) is 28.0 Å². The maximum absolute atomic E-state index is 12.2. The van der Waals surface area contributed by atoms with Gasteiger partial charge in [0.15, 0.2) is 9.84 Å². The molecule has 114 valence electrons. The molecule has 8 heteroatoms. The Morgan fingerprint density at radius 2 is 1.80 bits per heavy atom. The molecular formula is C12H20N2O4S2. The van der Waals surface area contributed by atoms with Crippen LogP contribution in [-0.2, 0) is 19.9 Å². The van der Waals surface area contributed by atoms with Gasteiger partial charge in [-0.05, 0) is 44.0 Å². The Labute approximate surface area is 120 Å². The SMILES string of the molecule is Cc1ccc(S(C)(=O)=O)cc1S(=O)(=O)NCCCCN. The van der Waals surface area contributed by atoms with Crippen LogP contribution in [0.3, 0.4) is 0 Å². The number of nitrogens with one attached hydrogen (secondary N) is 1. The van der Waals surface area contributed by atoms with Gasteiger partial charge >= 0.3 is 0 Å². The molecule has 1 aromatic carbocycles. The first-order valence-electron chi connectivity index (χ1n) is 6.19. The highest BCUT2D eigenvalue weighted by Crippen LogP contribution is 2.20. The van der Waals surface area contributed by atoms with Gasteiger partial charge < -0.3 is 5.73 Å². The number of aryl methyl sites for hydroxylation is 1. The Morgan fingerprint density at radius 3 is 2.35 bits per heavy atom. The summed E-state index contributed by atoms with van der Waals surface area (Å²) in [7, 11) is -7.15. The van der Waals surface area contributed by atoms with E-state index in [-0.39, 0.29) is 16.3 Å². The first-order chi connectivity index (χ1) is 9.18. The van der Waals surface area contributed by atoms with Crippen molar-refractivity contribution in [2.75, 3.05) is 19.3 Å². The summed E-state index contributed by atoms with van der Waals surface area (Å²) in [6, 6.07) is 4.08. The van der Waals surface area contributed by atoms with Gasteiger partial charge in [0, 0.05) is 12.8 Å². The predicted molar refractivity (Wildman–Crippen MR) is 77.8 cm³/mol. The van der Waals surface area contributed by atoms with Crippen molar-refractivity contribution in [3.05, 3.63) is 23.8 Å². The number of rotatable bonds is 7. The van der Waals surface area contributed by atoms with Crippen LogP contribution in [-0.4, -0.2) is 36.2 Å². The lowest BCUT2D eigenvalue weighted by atomic mass is 10.2. The van der Waals surface area contributed by atoms with E-state index in [4.69, 9.17) is 5.73 Å². The molecule has 0 aliphatic rings. The number of benzene rings is 1. The third-order valence-electron chi connectivity index (χ3n) is 2.80. The molecule has 0 spiro atoms. The van der Waals surface area contributed by atoms with Gasteiger partial charge in [0.2, 0.25) is 10.0 Å². The van der Waals surface area contributed by atoms with Gasteiger partial charge in [0.1, 0.15) is 0 Å². The van der Waals surface area contributed by atoms with E-state index in [0.717, 1.165) is 12.7 Å². The zero-order chi connectivity index (χ0) is 15.4. The first-order valence-corrected chi connectivity index (χ1v) is 9.56. The third kappa shape index (κ3) is 4.55. The van der Waals surface area contributed by atoms with E-state index < -0.39 is 19.9 Å². The molecule has 0 aromatic heterocycles. The molecule has 0 aliphatic carbocycles. The minimum absolute atomic E-state index is 0.00632. The quantitative estimate of drug-likeness (QED) is 0.708. The van der Waals surface area contributed by atoms with Crippen LogP contribution in [0.4, 0.5) is 0 Å². The van der Waals surface area contributed by atoms with Gasteiger partial charge in [-0.3, -0.25) is 0 Å². The Kier molecular flexibility index (Phi) is 5.69. The van der Waals surface area contributed by atoms with Gasteiger partial charge in [-0.1, -0.05) is 6.07 Å². The summed E-state index contributed by atoms with van der Waals surface area (Å²) in [5.74, 6) is 0. The first kappa shape index (κ1) is 17.1. The standard InChI is InChI=1S/C12H20N2O4S2/c1-10-5-6-11(19(2,15)16)9-12(10)20(17,18)14-8-4-3-7-13/h5-6,9,14H,3-4,7-8,13H2,1-2H3. The maximum atomic E-state index is 12.2. The number of sulfone groups is 1. The van der Waals surface area contributed by atoms with E-state index in [1.165, 1.54) is 18.2 Å². The number of hydrogen-bond donors (Lipinski definition) is 2. The average molecular weight is 320 g/mol. The van der Waals surface area contributed by atoms with Gasteiger partial charge in [-0.25, -0.2) is 21.6 Å². The van der Waals surface area contributed by atoms with Crippen molar-refractivity contribution in [1.82, 2.24) is 4.72 Å². The molecule has 0 unspecified atom stereocenters. The third-order valence-corrected chi connectivity index (χ3v) is 5.51. The van der Waals surface area contributed by atoms with Crippen LogP contribution in [0.1, 0.15) is 18.4 Å². The summed E-state index contributed by atoms with van der Waals surface area (Å²) in [6.45, 7) is 2.41. The molecule has 0 saturated carbocycles. The Morgan fingerprint density at radius 1 is 1.15 bits per heavy atom. The van der Waals surface area contributed by atoms with E-state index in [1.807, 2.05) is 0 Å². The molecule has 20 heavy (non-hydrogen) atoms. The molecule has 0 heterocycles. The molecule has 6 nitrogen and oxygen atoms in total. The van der Waals surface area contributed by atoms with Crippen molar-refractivity contribution < 1.29 is 16.8 Å². The smallest absolute Gasteiger partial charge is 0.240 e. The summed E-state index contributed by atoms with van der Waals surface area (Å²) in [4.78, 5) is -0.0152. The molecule has 1 rings (SSSR count). The molecule has 0 radical (unpaired) electrons. The van der Waals surface area contributed by atoms with E-state index in [1.54, 1.807) is 6.92 Å². The van der Waals surface area contributed by atoms with Crippen molar-refractivity contribution in [3.63, 3.8) is 0 Å². The summed E-state index contributed by atoms with van der Waals surface area (Å²) in [5.41, 5.74) is 5.84. The molecule has 0 aliphatic heterocycles. The van der Waals surface area contributed by atoms with Gasteiger partial charge in [0.05, 0.1) is 9.79 Å². The number of unbranched alkanes of at least 4 members (excludes halogenated alkanes) is 1. The summed E-state index contributed by atoms with van der Waals surface area (Å²) >= 11 is 0. The summed E-state index contributed by atoms with van der Waals surface area (Å²) in [6.07, 6.45) is 2.41. The molecule has 3 N–H and O–H groups in total. The summed E-state index contributed by atoms with van der Waals surface area (Å²) < 4.78 is 49.8. The molecule has 1 aromatic rings. The van der Waals surface area contributed by atoms with Crippen LogP contribution >= 0.6 is 0 Å².